The molecule has 1 N–H and O–H groups in total. The normalized spacial score (nSPS) is 12.4. The second-order valence-corrected chi connectivity index (χ2v) is 4.13. The average Bonchev–Trinajstić information content (AvgIpc) is 2.74. The molecular weight excluding hydrogens is 238 g/mol. The van der Waals surface area contributed by atoms with Crippen LogP contribution in [0, 0.1) is 11.8 Å². The van der Waals surface area contributed by atoms with Gasteiger partial charge in [0.05, 0.1) is 11.1 Å². The van der Waals surface area contributed by atoms with Gasteiger partial charge < -0.3 is 0 Å². The van der Waals surface area contributed by atoms with Crippen molar-refractivity contribution in [2.24, 2.45) is 0 Å². The lowest BCUT2D eigenvalue weighted by Crippen LogP contribution is -2.20. The van der Waals surface area contributed by atoms with Crippen LogP contribution in [0.4, 0.5) is 0 Å². The molecule has 0 saturated heterocycles. The minimum absolute atomic E-state index is 0.358. The quantitative estimate of drug-likeness (QED) is 0.571. The molecule has 3 nitrogen and oxygen atoms in total. The van der Waals surface area contributed by atoms with Gasteiger partial charge in [-0.2, -0.15) is 0 Å². The summed E-state index contributed by atoms with van der Waals surface area (Å²) < 4.78 is 0. The average molecular weight is 247 g/mol. The van der Waals surface area contributed by atoms with Crippen LogP contribution in [0.15, 0.2) is 48.5 Å². The van der Waals surface area contributed by atoms with Crippen molar-refractivity contribution < 1.29 is 9.59 Å². The highest BCUT2D eigenvalue weighted by molar-refractivity contribution is 6.22. The van der Waals surface area contributed by atoms with Crippen LogP contribution in [0.5, 0.6) is 0 Å². The lowest BCUT2D eigenvalue weighted by molar-refractivity contribution is 0.0879. The summed E-state index contributed by atoms with van der Waals surface area (Å²) in [7, 11) is 0. The predicted octanol–water partition coefficient (Wildman–Crippen LogP) is 1.97. The Labute approximate surface area is 110 Å². The topological polar surface area (TPSA) is 46.2 Å². The first-order valence-electron chi connectivity index (χ1n) is 5.81. The summed E-state index contributed by atoms with van der Waals surface area (Å²) in [4.78, 5) is 23.2. The Morgan fingerprint density at radius 1 is 0.789 bits per heavy atom. The molecule has 2 amide bonds. The highest BCUT2D eigenvalue weighted by atomic mass is 16.2. The molecule has 0 saturated carbocycles. The Kier molecular flexibility index (Phi) is 2.62. The SMILES string of the molecule is O=C1NC(=O)c2c(C#Cc3ccccc3)cccc21. The molecule has 0 aromatic heterocycles. The Hall–Kier alpha value is -2.86. The van der Waals surface area contributed by atoms with E-state index in [1.54, 1.807) is 18.2 Å². The highest BCUT2D eigenvalue weighted by Gasteiger charge is 2.28. The lowest BCUT2D eigenvalue weighted by atomic mass is 10.0. The number of rotatable bonds is 0. The third-order valence-corrected chi connectivity index (χ3v) is 2.88. The van der Waals surface area contributed by atoms with Crippen molar-refractivity contribution in [2.75, 3.05) is 0 Å². The molecule has 2 aromatic rings. The summed E-state index contributed by atoms with van der Waals surface area (Å²) >= 11 is 0. The maximum Gasteiger partial charge on any atom is 0.260 e. The molecule has 0 fully saturated rings. The molecule has 90 valence electrons. The number of amides is 2. The van der Waals surface area contributed by atoms with E-state index in [4.69, 9.17) is 0 Å². The maximum atomic E-state index is 11.7. The van der Waals surface area contributed by atoms with Crippen LogP contribution in [0.1, 0.15) is 31.8 Å². The van der Waals surface area contributed by atoms with Crippen LogP contribution in [0.25, 0.3) is 0 Å². The summed E-state index contributed by atoms with van der Waals surface area (Å²) in [6.07, 6.45) is 0. The second kappa shape index (κ2) is 4.43. The molecule has 19 heavy (non-hydrogen) atoms. The van der Waals surface area contributed by atoms with Gasteiger partial charge >= 0.3 is 0 Å². The highest BCUT2D eigenvalue weighted by Crippen LogP contribution is 2.19. The number of hydrogen-bond donors (Lipinski definition) is 1. The minimum atomic E-state index is -0.377. The van der Waals surface area contributed by atoms with Gasteiger partial charge in [-0.25, -0.2) is 0 Å². The Bertz CT molecular complexity index is 736. The van der Waals surface area contributed by atoms with Crippen molar-refractivity contribution in [3.05, 3.63) is 70.8 Å². The second-order valence-electron chi connectivity index (χ2n) is 4.13. The number of hydrogen-bond acceptors (Lipinski definition) is 2. The van der Waals surface area contributed by atoms with Crippen LogP contribution in [0.2, 0.25) is 0 Å². The van der Waals surface area contributed by atoms with E-state index in [1.165, 1.54) is 0 Å². The third-order valence-electron chi connectivity index (χ3n) is 2.88. The van der Waals surface area contributed by atoms with Crippen LogP contribution in [-0.4, -0.2) is 11.8 Å². The van der Waals surface area contributed by atoms with Gasteiger partial charge in [-0.05, 0) is 24.3 Å². The molecule has 1 heterocycles. The lowest BCUT2D eigenvalue weighted by Gasteiger charge is -1.97. The van der Waals surface area contributed by atoms with Crippen molar-refractivity contribution in [3.8, 4) is 11.8 Å². The Morgan fingerprint density at radius 3 is 2.37 bits per heavy atom. The van der Waals surface area contributed by atoms with E-state index in [-0.39, 0.29) is 11.8 Å². The fourth-order valence-corrected chi connectivity index (χ4v) is 1.98. The van der Waals surface area contributed by atoms with E-state index in [1.807, 2.05) is 30.3 Å². The number of benzene rings is 2. The molecule has 3 heteroatoms. The van der Waals surface area contributed by atoms with Crippen molar-refractivity contribution in [1.29, 1.82) is 0 Å². The summed E-state index contributed by atoms with van der Waals surface area (Å²) in [5.74, 6) is 5.20. The predicted molar refractivity (Wildman–Crippen MR) is 70.7 cm³/mol. The smallest absolute Gasteiger partial charge is 0.260 e. The van der Waals surface area contributed by atoms with Crippen molar-refractivity contribution in [1.82, 2.24) is 5.32 Å². The molecule has 3 rings (SSSR count). The fourth-order valence-electron chi connectivity index (χ4n) is 1.98. The first-order valence-corrected chi connectivity index (χ1v) is 5.81. The molecule has 0 atom stereocenters. The minimum Gasteiger partial charge on any atom is -0.288 e. The van der Waals surface area contributed by atoms with Crippen molar-refractivity contribution in [3.63, 3.8) is 0 Å². The van der Waals surface area contributed by atoms with E-state index in [0.717, 1.165) is 5.56 Å². The van der Waals surface area contributed by atoms with Crippen LogP contribution in [0.3, 0.4) is 0 Å². The molecule has 0 spiro atoms. The summed E-state index contributed by atoms with van der Waals surface area (Å²) in [5.41, 5.74) is 2.20. The van der Waals surface area contributed by atoms with Gasteiger partial charge in [-0.3, -0.25) is 14.9 Å². The molecule has 1 aliphatic heterocycles. The molecular formula is C16H9NO2. The monoisotopic (exact) mass is 247 g/mol. The zero-order valence-corrected chi connectivity index (χ0v) is 9.94. The Morgan fingerprint density at radius 2 is 1.58 bits per heavy atom. The van der Waals surface area contributed by atoms with Gasteiger partial charge in [0.25, 0.3) is 11.8 Å². The van der Waals surface area contributed by atoms with Gasteiger partial charge in [0, 0.05) is 11.1 Å². The largest absolute Gasteiger partial charge is 0.288 e. The molecule has 0 aliphatic carbocycles. The van der Waals surface area contributed by atoms with Crippen LogP contribution < -0.4 is 5.32 Å². The van der Waals surface area contributed by atoms with Crippen molar-refractivity contribution >= 4 is 11.8 Å². The fraction of sp³-hybridized carbons (Fsp3) is 0. The first kappa shape index (κ1) is 11.2. The van der Waals surface area contributed by atoms with Gasteiger partial charge in [-0.15, -0.1) is 0 Å². The van der Waals surface area contributed by atoms with Crippen LogP contribution in [-0.2, 0) is 0 Å². The molecule has 1 aliphatic rings. The maximum absolute atomic E-state index is 11.7. The number of imide groups is 1. The molecule has 0 bridgehead atoms. The number of carbonyl (C=O) groups is 2. The van der Waals surface area contributed by atoms with E-state index < -0.39 is 0 Å². The molecule has 0 unspecified atom stereocenters. The number of nitrogens with one attached hydrogen (secondary N) is 1. The zero-order valence-electron chi connectivity index (χ0n) is 9.94. The summed E-state index contributed by atoms with van der Waals surface area (Å²) in [6, 6.07) is 14.6. The van der Waals surface area contributed by atoms with E-state index in [2.05, 4.69) is 17.2 Å². The van der Waals surface area contributed by atoms with Crippen LogP contribution >= 0.6 is 0 Å². The van der Waals surface area contributed by atoms with E-state index in [0.29, 0.717) is 16.7 Å². The van der Waals surface area contributed by atoms with Gasteiger partial charge in [0.2, 0.25) is 0 Å². The standard InChI is InChI=1S/C16H9NO2/c18-15-13-8-4-7-12(14(13)16(19)17-15)10-9-11-5-2-1-3-6-11/h1-8H,(H,17,18,19). The first-order chi connectivity index (χ1) is 9.25. The van der Waals surface area contributed by atoms with Gasteiger partial charge in [0.15, 0.2) is 0 Å². The van der Waals surface area contributed by atoms with E-state index in [9.17, 15) is 9.59 Å². The number of carbonyl (C=O) groups excluding carboxylic acids is 2. The third kappa shape index (κ3) is 2.00. The van der Waals surface area contributed by atoms with Gasteiger partial charge in [0.1, 0.15) is 0 Å². The van der Waals surface area contributed by atoms with Gasteiger partial charge in [-0.1, -0.05) is 36.1 Å². The molecule has 0 radical (unpaired) electrons. The molecule has 2 aromatic carbocycles. The zero-order chi connectivity index (χ0) is 13.2. The Balaban J connectivity index is 2.07. The van der Waals surface area contributed by atoms with E-state index >= 15 is 0 Å². The summed E-state index contributed by atoms with van der Waals surface area (Å²) in [5, 5.41) is 2.28. The summed E-state index contributed by atoms with van der Waals surface area (Å²) in [6.45, 7) is 0. The number of fused-ring (bicyclic) bond motifs is 1. The van der Waals surface area contributed by atoms with Crippen molar-refractivity contribution in [2.45, 2.75) is 0 Å².